The van der Waals surface area contributed by atoms with Gasteiger partial charge in [0.25, 0.3) is 0 Å². The van der Waals surface area contributed by atoms with Crippen molar-refractivity contribution in [1.29, 1.82) is 0 Å². The molecule has 1 radical (unpaired) electrons. The second kappa shape index (κ2) is 3.23. The van der Waals surface area contributed by atoms with Gasteiger partial charge in [-0.05, 0) is 13.0 Å². The van der Waals surface area contributed by atoms with Gasteiger partial charge in [-0.1, -0.05) is 0 Å². The number of pyridine rings is 1. The molecule has 0 unspecified atom stereocenters. The van der Waals surface area contributed by atoms with Crippen molar-refractivity contribution in [2.75, 3.05) is 14.2 Å². The van der Waals surface area contributed by atoms with Crippen LogP contribution < -0.4 is 9.47 Å². The van der Waals surface area contributed by atoms with Crippen molar-refractivity contribution in [3.63, 3.8) is 0 Å². The third-order valence-corrected chi connectivity index (χ3v) is 1.39. The molecule has 0 aliphatic heterocycles. The van der Waals surface area contributed by atoms with E-state index in [-0.39, 0.29) is 0 Å². The summed E-state index contributed by atoms with van der Waals surface area (Å²) in [6.45, 7) is 3.75. The Morgan fingerprint density at radius 1 is 1.36 bits per heavy atom. The number of nitrogens with zero attached hydrogens (tertiary/aromatic N) is 1. The Balaban J connectivity index is 3.10. The summed E-state index contributed by atoms with van der Waals surface area (Å²) in [4.78, 5) is 3.94. The minimum atomic E-state index is 0.504. The third-order valence-electron chi connectivity index (χ3n) is 1.39. The molecule has 0 bridgehead atoms. The first kappa shape index (κ1) is 7.85. The zero-order chi connectivity index (χ0) is 8.27. The fraction of sp³-hybridized carbons (Fsp3) is 0.250. The highest BCUT2D eigenvalue weighted by molar-refractivity contribution is 5.41. The summed E-state index contributed by atoms with van der Waals surface area (Å²) in [5, 5.41) is 0. The SMILES string of the molecule is [CH2]c1c(OC)ccnc1OC. The molecule has 0 atom stereocenters. The smallest absolute Gasteiger partial charge is 0.220 e. The van der Waals surface area contributed by atoms with Crippen LogP contribution in [0.25, 0.3) is 0 Å². The van der Waals surface area contributed by atoms with Gasteiger partial charge in [0.1, 0.15) is 5.75 Å². The number of ether oxygens (including phenoxy) is 2. The third kappa shape index (κ3) is 1.42. The molecule has 1 heterocycles. The summed E-state index contributed by atoms with van der Waals surface area (Å²) in [6.07, 6.45) is 1.62. The van der Waals surface area contributed by atoms with E-state index in [0.29, 0.717) is 17.2 Å². The van der Waals surface area contributed by atoms with Gasteiger partial charge in [0.2, 0.25) is 5.88 Å². The Kier molecular flexibility index (Phi) is 2.31. The molecule has 0 saturated heterocycles. The van der Waals surface area contributed by atoms with Crippen molar-refractivity contribution in [2.45, 2.75) is 0 Å². The van der Waals surface area contributed by atoms with Gasteiger partial charge in [0.05, 0.1) is 19.8 Å². The number of hydrogen-bond donors (Lipinski definition) is 0. The average Bonchev–Trinajstić information content (AvgIpc) is 2.05. The molecular formula is C8H10NO2. The maximum Gasteiger partial charge on any atom is 0.220 e. The molecule has 0 aliphatic carbocycles. The maximum atomic E-state index is 5.00. The summed E-state index contributed by atoms with van der Waals surface area (Å²) in [5.74, 6) is 1.20. The minimum Gasteiger partial charge on any atom is -0.496 e. The fourth-order valence-corrected chi connectivity index (χ4v) is 0.824. The van der Waals surface area contributed by atoms with Crippen LogP contribution >= 0.6 is 0 Å². The number of aromatic nitrogens is 1. The molecule has 0 saturated carbocycles. The standard InChI is InChI=1S/C8H10NO2/c1-6-7(10-2)4-5-9-8(6)11-3/h4-5H,1H2,2-3H3. The van der Waals surface area contributed by atoms with Gasteiger partial charge in [-0.25, -0.2) is 4.98 Å². The number of methoxy groups -OCH3 is 2. The normalized spacial score (nSPS) is 9.36. The zero-order valence-electron chi connectivity index (χ0n) is 6.63. The predicted molar refractivity (Wildman–Crippen MR) is 41.8 cm³/mol. The molecular weight excluding hydrogens is 142 g/mol. The Morgan fingerprint density at radius 3 is 2.64 bits per heavy atom. The molecule has 0 N–H and O–H groups in total. The largest absolute Gasteiger partial charge is 0.496 e. The van der Waals surface area contributed by atoms with Gasteiger partial charge in [-0.3, -0.25) is 0 Å². The Hall–Kier alpha value is -1.25. The van der Waals surface area contributed by atoms with E-state index in [1.54, 1.807) is 26.5 Å². The molecule has 0 fully saturated rings. The van der Waals surface area contributed by atoms with E-state index in [1.165, 1.54) is 0 Å². The van der Waals surface area contributed by atoms with Gasteiger partial charge in [-0.15, -0.1) is 0 Å². The quantitative estimate of drug-likeness (QED) is 0.639. The molecule has 0 amide bonds. The molecule has 0 spiro atoms. The van der Waals surface area contributed by atoms with E-state index in [2.05, 4.69) is 11.9 Å². The van der Waals surface area contributed by atoms with Crippen molar-refractivity contribution in [2.24, 2.45) is 0 Å². The number of rotatable bonds is 2. The van der Waals surface area contributed by atoms with E-state index >= 15 is 0 Å². The summed E-state index contributed by atoms with van der Waals surface area (Å²) in [6, 6.07) is 1.74. The van der Waals surface area contributed by atoms with Gasteiger partial charge >= 0.3 is 0 Å². The average molecular weight is 152 g/mol. The molecule has 1 aromatic heterocycles. The highest BCUT2D eigenvalue weighted by Crippen LogP contribution is 2.23. The summed E-state index contributed by atoms with van der Waals surface area (Å²) < 4.78 is 9.94. The van der Waals surface area contributed by atoms with E-state index in [4.69, 9.17) is 9.47 Å². The van der Waals surface area contributed by atoms with Crippen molar-refractivity contribution < 1.29 is 9.47 Å². The first-order valence-corrected chi connectivity index (χ1v) is 3.18. The summed E-state index contributed by atoms with van der Waals surface area (Å²) in [7, 11) is 3.14. The summed E-state index contributed by atoms with van der Waals surface area (Å²) in [5.41, 5.74) is 0.678. The van der Waals surface area contributed by atoms with Crippen LogP contribution in [-0.2, 0) is 0 Å². The Morgan fingerprint density at radius 2 is 2.09 bits per heavy atom. The number of hydrogen-bond acceptors (Lipinski definition) is 3. The second-order valence-corrected chi connectivity index (χ2v) is 2.00. The predicted octanol–water partition coefficient (Wildman–Crippen LogP) is 1.28. The maximum absolute atomic E-state index is 5.00. The van der Waals surface area contributed by atoms with Crippen LogP contribution in [0.15, 0.2) is 12.3 Å². The Bertz CT molecular complexity index is 226. The topological polar surface area (TPSA) is 31.4 Å². The highest BCUT2D eigenvalue weighted by atomic mass is 16.5. The van der Waals surface area contributed by atoms with E-state index in [0.717, 1.165) is 0 Å². The van der Waals surface area contributed by atoms with Crippen molar-refractivity contribution >= 4 is 0 Å². The lowest BCUT2D eigenvalue weighted by atomic mass is 10.3. The van der Waals surface area contributed by atoms with Crippen LogP contribution in [0.1, 0.15) is 5.56 Å². The van der Waals surface area contributed by atoms with E-state index in [1.807, 2.05) is 0 Å². The second-order valence-electron chi connectivity index (χ2n) is 2.00. The lowest BCUT2D eigenvalue weighted by molar-refractivity contribution is 0.379. The van der Waals surface area contributed by atoms with Crippen LogP contribution in [0.4, 0.5) is 0 Å². The van der Waals surface area contributed by atoms with Gasteiger partial charge < -0.3 is 9.47 Å². The molecule has 0 aromatic carbocycles. The fourth-order valence-electron chi connectivity index (χ4n) is 0.824. The Labute approximate surface area is 66.0 Å². The lowest BCUT2D eigenvalue weighted by Crippen LogP contribution is -1.93. The lowest BCUT2D eigenvalue weighted by Gasteiger charge is -2.06. The highest BCUT2D eigenvalue weighted by Gasteiger charge is 2.03. The van der Waals surface area contributed by atoms with Crippen LogP contribution in [-0.4, -0.2) is 19.2 Å². The molecule has 3 nitrogen and oxygen atoms in total. The van der Waals surface area contributed by atoms with Crippen molar-refractivity contribution in [3.8, 4) is 11.6 Å². The minimum absolute atomic E-state index is 0.504. The van der Waals surface area contributed by atoms with Crippen LogP contribution in [0.3, 0.4) is 0 Å². The van der Waals surface area contributed by atoms with Crippen molar-refractivity contribution in [1.82, 2.24) is 4.98 Å². The first-order chi connectivity index (χ1) is 5.29. The van der Waals surface area contributed by atoms with Gasteiger partial charge in [-0.2, -0.15) is 0 Å². The van der Waals surface area contributed by atoms with Crippen LogP contribution in [0.5, 0.6) is 11.6 Å². The first-order valence-electron chi connectivity index (χ1n) is 3.18. The van der Waals surface area contributed by atoms with Crippen molar-refractivity contribution in [3.05, 3.63) is 24.8 Å². The van der Waals surface area contributed by atoms with E-state index < -0.39 is 0 Å². The van der Waals surface area contributed by atoms with Gasteiger partial charge in [0, 0.05) is 6.20 Å². The summed E-state index contributed by atoms with van der Waals surface area (Å²) >= 11 is 0. The molecule has 0 aliphatic rings. The molecule has 3 heteroatoms. The molecule has 11 heavy (non-hydrogen) atoms. The van der Waals surface area contributed by atoms with E-state index in [9.17, 15) is 0 Å². The van der Waals surface area contributed by atoms with Gasteiger partial charge in [0.15, 0.2) is 0 Å². The van der Waals surface area contributed by atoms with Crippen LogP contribution in [0.2, 0.25) is 0 Å². The monoisotopic (exact) mass is 152 g/mol. The zero-order valence-corrected chi connectivity index (χ0v) is 6.63. The molecule has 1 rings (SSSR count). The molecule has 59 valence electrons. The molecule has 1 aromatic rings. The van der Waals surface area contributed by atoms with Crippen LogP contribution in [0, 0.1) is 6.92 Å².